The van der Waals surface area contributed by atoms with Gasteiger partial charge in [0.25, 0.3) is 0 Å². The fraction of sp³-hybridized carbons (Fsp3) is 0.143. The lowest BCUT2D eigenvalue weighted by Crippen LogP contribution is -2.31. The zero-order valence-corrected chi connectivity index (χ0v) is 17.3. The van der Waals surface area contributed by atoms with E-state index < -0.39 is 37.1 Å². The van der Waals surface area contributed by atoms with Gasteiger partial charge in [0.05, 0.1) is 24.0 Å². The van der Waals surface area contributed by atoms with E-state index in [9.17, 15) is 5.26 Å². The Bertz CT molecular complexity index is 1870. The number of furan rings is 1. The van der Waals surface area contributed by atoms with Crippen molar-refractivity contribution in [3.8, 4) is 28.5 Å². The highest BCUT2D eigenvalue weighted by Crippen LogP contribution is 2.41. The first kappa shape index (κ1) is 12.1. The van der Waals surface area contributed by atoms with E-state index in [1.807, 2.05) is 19.1 Å². The third kappa shape index (κ3) is 3.00. The van der Waals surface area contributed by atoms with Gasteiger partial charge in [-0.1, -0.05) is 42.3 Å². The molecule has 0 saturated heterocycles. The van der Waals surface area contributed by atoms with Crippen LogP contribution in [0.1, 0.15) is 33.2 Å². The first-order chi connectivity index (χ1) is 18.3. The molecular weight excluding hydrogens is 380 g/mol. The Morgan fingerprint density at radius 3 is 2.52 bits per heavy atom. The molecule has 0 aliphatic heterocycles. The summed E-state index contributed by atoms with van der Waals surface area (Å²) in [6, 6.07) is 8.54. The van der Waals surface area contributed by atoms with Crippen LogP contribution in [0.4, 0.5) is 0 Å². The van der Waals surface area contributed by atoms with Crippen LogP contribution in [-0.4, -0.2) is 0 Å². The topological polar surface area (TPSA) is 40.8 Å². The summed E-state index contributed by atoms with van der Waals surface area (Å²) < 4.78 is 73.0. The molecule has 0 bridgehead atoms. The zero-order chi connectivity index (χ0) is 28.5. The van der Waals surface area contributed by atoms with Crippen LogP contribution in [0.2, 0.25) is 0 Å². The van der Waals surface area contributed by atoms with Gasteiger partial charge in [-0.15, -0.1) is 0 Å². The van der Waals surface area contributed by atoms with E-state index in [4.69, 9.17) is 15.4 Å². The van der Waals surface area contributed by atoms with E-state index in [0.717, 1.165) is 11.1 Å². The van der Waals surface area contributed by atoms with Crippen molar-refractivity contribution in [1.82, 2.24) is 0 Å². The minimum Gasteiger partial charge on any atom is -0.454 e. The molecule has 0 fully saturated rings. The summed E-state index contributed by atoms with van der Waals surface area (Å²) in [6.45, 7) is 1.38. The van der Waals surface area contributed by atoms with Crippen molar-refractivity contribution in [3.05, 3.63) is 89.0 Å². The average Bonchev–Trinajstić information content (AvgIpc) is 3.25. The Hall–Kier alpha value is -3.90. The second kappa shape index (κ2) is 7.11. The Kier molecular flexibility index (Phi) is 2.77. The maximum absolute atomic E-state index is 9.78. The van der Waals surface area contributed by atoms with Gasteiger partial charge in [-0.25, -0.2) is 4.57 Å². The van der Waals surface area contributed by atoms with Gasteiger partial charge >= 0.3 is 0 Å². The van der Waals surface area contributed by atoms with Crippen molar-refractivity contribution in [2.75, 3.05) is 0 Å². The Morgan fingerprint density at radius 2 is 1.77 bits per heavy atom. The van der Waals surface area contributed by atoms with Crippen molar-refractivity contribution in [3.63, 3.8) is 0 Å². The van der Waals surface area contributed by atoms with E-state index in [0.29, 0.717) is 27.6 Å². The van der Waals surface area contributed by atoms with Crippen LogP contribution in [0, 0.1) is 32.0 Å². The predicted octanol–water partition coefficient (Wildman–Crippen LogP) is 6.54. The van der Waals surface area contributed by atoms with Gasteiger partial charge in [0.2, 0.25) is 5.69 Å². The molecule has 2 aromatic heterocycles. The van der Waals surface area contributed by atoms with Gasteiger partial charge in [0.1, 0.15) is 18.2 Å². The molecular formula is C28H23N2O+. The Balaban J connectivity index is 1.91. The van der Waals surface area contributed by atoms with E-state index in [1.54, 1.807) is 36.9 Å². The Morgan fingerprint density at radius 1 is 0.968 bits per heavy atom. The number of aryl methyl sites for hydroxylation is 4. The van der Waals surface area contributed by atoms with Gasteiger partial charge in [0, 0.05) is 32.1 Å². The third-order valence-electron chi connectivity index (χ3n) is 5.58. The molecule has 0 aliphatic rings. The molecule has 0 aliphatic carbocycles. The first-order valence-corrected chi connectivity index (χ1v) is 9.74. The quantitative estimate of drug-likeness (QED) is 0.309. The number of hydrogen-bond donors (Lipinski definition) is 0. The summed E-state index contributed by atoms with van der Waals surface area (Å²) in [5.74, 6) is 0. The fourth-order valence-electron chi connectivity index (χ4n) is 3.99. The van der Waals surface area contributed by atoms with Gasteiger partial charge in [-0.2, -0.15) is 5.26 Å². The number of nitrogens with zero attached hydrogens (tertiary/aromatic N) is 2. The molecule has 0 spiro atoms. The molecule has 0 unspecified atom stereocenters. The van der Waals surface area contributed by atoms with E-state index in [-0.39, 0.29) is 27.8 Å². The largest absolute Gasteiger partial charge is 0.454 e. The second-order valence-electron chi connectivity index (χ2n) is 7.61. The number of nitriles is 1. The minimum absolute atomic E-state index is 0.0520. The normalized spacial score (nSPS) is 15.3. The summed E-state index contributed by atoms with van der Waals surface area (Å²) in [5.41, 5.74) is 4.32. The number of rotatable bonds is 2. The third-order valence-corrected chi connectivity index (χ3v) is 5.58. The van der Waals surface area contributed by atoms with Crippen molar-refractivity contribution in [2.24, 2.45) is 7.05 Å². The molecule has 150 valence electrons. The van der Waals surface area contributed by atoms with Crippen LogP contribution in [0.3, 0.4) is 0 Å². The second-order valence-corrected chi connectivity index (χ2v) is 7.61. The molecule has 0 saturated carbocycles. The van der Waals surface area contributed by atoms with Crippen LogP contribution in [0.15, 0.2) is 71.2 Å². The molecule has 31 heavy (non-hydrogen) atoms. The minimum atomic E-state index is -2.27. The van der Waals surface area contributed by atoms with Gasteiger partial charge in [0.15, 0.2) is 6.20 Å². The lowest BCUT2D eigenvalue weighted by molar-refractivity contribution is -0.660. The van der Waals surface area contributed by atoms with Crippen molar-refractivity contribution in [2.45, 2.75) is 20.7 Å². The smallest absolute Gasteiger partial charge is 0.216 e. The summed E-state index contributed by atoms with van der Waals surface area (Å²) in [7, 11) is 1.76. The van der Waals surface area contributed by atoms with Gasteiger partial charge < -0.3 is 4.42 Å². The lowest BCUT2D eigenvalue weighted by atomic mass is 9.97. The number of fused-ring (bicyclic) bond motifs is 3. The number of aromatic nitrogens is 1. The molecule has 0 amide bonds. The standard InChI is InChI=1S/C28H23N2O/c1-17-10-11-22-24-14-20(15-29)13-23(21-8-6-5-7-9-21)27(24)31-28(22)26(17)25-12-18(2)19(3)16-30(25)4/h5-14,16H,1-4H3/q+1/i3D3,5D,6D,7D,8D,9D. The molecule has 3 aromatic carbocycles. The molecule has 5 rings (SSSR count). The molecule has 3 heteroatoms. The van der Waals surface area contributed by atoms with Crippen molar-refractivity contribution in [1.29, 1.82) is 5.26 Å². The Labute approximate surface area is 193 Å². The molecule has 0 radical (unpaired) electrons. The number of hydrogen-bond acceptors (Lipinski definition) is 2. The molecule has 2 heterocycles. The maximum Gasteiger partial charge on any atom is 0.216 e. The molecule has 0 N–H and O–H groups in total. The molecule has 0 atom stereocenters. The summed E-state index contributed by atoms with van der Waals surface area (Å²) in [5, 5.41) is 11.0. The number of pyridine rings is 1. The molecule has 5 aromatic rings. The maximum atomic E-state index is 9.78. The van der Waals surface area contributed by atoms with Crippen molar-refractivity contribution < 1.29 is 20.0 Å². The predicted molar refractivity (Wildman–Crippen MR) is 125 cm³/mol. The zero-order valence-electron chi connectivity index (χ0n) is 25.3. The van der Waals surface area contributed by atoms with Crippen LogP contribution in [0.5, 0.6) is 0 Å². The van der Waals surface area contributed by atoms with E-state index in [1.165, 1.54) is 6.07 Å². The average molecular weight is 412 g/mol. The molecule has 3 nitrogen and oxygen atoms in total. The van der Waals surface area contributed by atoms with Crippen LogP contribution in [0.25, 0.3) is 44.3 Å². The van der Waals surface area contributed by atoms with Crippen LogP contribution in [-0.2, 0) is 7.05 Å². The highest BCUT2D eigenvalue weighted by atomic mass is 16.3. The van der Waals surface area contributed by atoms with Gasteiger partial charge in [-0.05, 0) is 49.5 Å². The monoisotopic (exact) mass is 411 g/mol. The lowest BCUT2D eigenvalue weighted by Gasteiger charge is -2.07. The van der Waals surface area contributed by atoms with E-state index in [2.05, 4.69) is 6.07 Å². The first-order valence-electron chi connectivity index (χ1n) is 13.7. The van der Waals surface area contributed by atoms with E-state index >= 15 is 0 Å². The van der Waals surface area contributed by atoms with Crippen molar-refractivity contribution >= 4 is 21.9 Å². The highest BCUT2D eigenvalue weighted by Gasteiger charge is 2.23. The fourth-order valence-corrected chi connectivity index (χ4v) is 3.99. The summed E-state index contributed by atoms with van der Waals surface area (Å²) >= 11 is 0. The summed E-state index contributed by atoms with van der Waals surface area (Å²) in [6.07, 6.45) is 1.59. The summed E-state index contributed by atoms with van der Waals surface area (Å²) in [4.78, 5) is 0. The van der Waals surface area contributed by atoms with Crippen LogP contribution < -0.4 is 4.57 Å². The highest BCUT2D eigenvalue weighted by molar-refractivity contribution is 6.13. The SMILES string of the molecule is [2H]c1c([2H])c([2H])c(-c2cc(C#N)cc3c2oc2c(-c4cc(C)c(C([2H])([2H])[2H])c[n+]4C)c(C)ccc23)c([2H])c1[2H]. The van der Waals surface area contributed by atoms with Gasteiger partial charge in [-0.3, -0.25) is 0 Å². The van der Waals surface area contributed by atoms with Crippen LogP contribution >= 0.6 is 0 Å². The number of benzene rings is 3.